The summed E-state index contributed by atoms with van der Waals surface area (Å²) in [5.41, 5.74) is 0.946. The van der Waals surface area contributed by atoms with Gasteiger partial charge < -0.3 is 14.8 Å². The van der Waals surface area contributed by atoms with Gasteiger partial charge in [-0.15, -0.1) is 0 Å². The van der Waals surface area contributed by atoms with E-state index in [1.807, 2.05) is 25.1 Å². The summed E-state index contributed by atoms with van der Waals surface area (Å²) in [6.07, 6.45) is 2.48. The van der Waals surface area contributed by atoms with Crippen molar-refractivity contribution < 1.29 is 19.1 Å². The van der Waals surface area contributed by atoms with Crippen molar-refractivity contribution in [2.45, 2.75) is 59.1 Å². The molecule has 0 radical (unpaired) electrons. The van der Waals surface area contributed by atoms with Gasteiger partial charge in [-0.1, -0.05) is 44.9 Å². The van der Waals surface area contributed by atoms with Crippen LogP contribution < -0.4 is 10.1 Å². The molecule has 138 valence electrons. The van der Waals surface area contributed by atoms with Crippen LogP contribution in [0.2, 0.25) is 0 Å². The average molecular weight is 347 g/mol. The summed E-state index contributed by atoms with van der Waals surface area (Å²) in [6.45, 7) is 7.68. The Morgan fingerprint density at radius 1 is 1.24 bits per heavy atom. The Labute approximate surface area is 150 Å². The van der Waals surface area contributed by atoms with Gasteiger partial charge in [0.05, 0.1) is 0 Å². The van der Waals surface area contributed by atoms with Gasteiger partial charge in [0, 0.05) is 6.04 Å². The summed E-state index contributed by atoms with van der Waals surface area (Å²) in [4.78, 5) is 24.2. The molecule has 0 unspecified atom stereocenters. The van der Waals surface area contributed by atoms with E-state index in [1.54, 1.807) is 13.0 Å². The van der Waals surface area contributed by atoms with Crippen LogP contribution >= 0.6 is 0 Å². The molecule has 5 heteroatoms. The van der Waals surface area contributed by atoms with E-state index in [0.717, 1.165) is 18.4 Å². The van der Waals surface area contributed by atoms with Gasteiger partial charge in [0.15, 0.2) is 12.7 Å². The second kappa shape index (κ2) is 8.88. The van der Waals surface area contributed by atoms with Crippen LogP contribution in [0, 0.1) is 18.8 Å². The van der Waals surface area contributed by atoms with Crippen LogP contribution in [0.4, 0.5) is 0 Å². The largest absolute Gasteiger partial charge is 0.482 e. The molecule has 1 aromatic rings. The highest BCUT2D eigenvalue weighted by molar-refractivity contribution is 5.83. The number of rotatable bonds is 6. The van der Waals surface area contributed by atoms with E-state index in [2.05, 4.69) is 19.2 Å². The highest BCUT2D eigenvalue weighted by Crippen LogP contribution is 2.29. The highest BCUT2D eigenvalue weighted by Gasteiger charge is 2.30. The second-order valence-corrected chi connectivity index (χ2v) is 7.07. The lowest BCUT2D eigenvalue weighted by atomic mass is 9.78. The lowest BCUT2D eigenvalue weighted by Gasteiger charge is -2.35. The van der Waals surface area contributed by atoms with Crippen LogP contribution in [0.25, 0.3) is 0 Å². The summed E-state index contributed by atoms with van der Waals surface area (Å²) in [6, 6.07) is 7.60. The molecular weight excluding hydrogens is 318 g/mol. The Morgan fingerprint density at radius 3 is 2.68 bits per heavy atom. The number of nitrogens with one attached hydrogen (secondary N) is 1. The smallest absolute Gasteiger partial charge is 0.344 e. The molecule has 0 saturated heterocycles. The minimum Gasteiger partial charge on any atom is -0.482 e. The highest BCUT2D eigenvalue weighted by atomic mass is 16.6. The van der Waals surface area contributed by atoms with Crippen molar-refractivity contribution in [2.75, 3.05) is 6.61 Å². The quantitative estimate of drug-likeness (QED) is 0.802. The van der Waals surface area contributed by atoms with E-state index in [0.29, 0.717) is 17.6 Å². The summed E-state index contributed by atoms with van der Waals surface area (Å²) in [5.74, 6) is 0.886. The normalized spacial score (nSPS) is 24.2. The maximum Gasteiger partial charge on any atom is 0.344 e. The van der Waals surface area contributed by atoms with E-state index in [9.17, 15) is 9.59 Å². The molecule has 1 amide bonds. The van der Waals surface area contributed by atoms with Crippen LogP contribution in [0.5, 0.6) is 5.75 Å². The zero-order valence-corrected chi connectivity index (χ0v) is 15.6. The molecule has 0 bridgehead atoms. The molecular formula is C20H29NO4. The number of carbonyl (C=O) groups excluding carboxylic acids is 2. The van der Waals surface area contributed by atoms with E-state index in [4.69, 9.17) is 9.47 Å². The molecule has 0 spiro atoms. The number of amides is 1. The molecule has 1 saturated carbocycles. The topological polar surface area (TPSA) is 64.6 Å². The number of hydrogen-bond acceptors (Lipinski definition) is 4. The Hall–Kier alpha value is -2.04. The van der Waals surface area contributed by atoms with Crippen LogP contribution in [0.1, 0.15) is 45.6 Å². The van der Waals surface area contributed by atoms with Crippen LogP contribution in [0.3, 0.4) is 0 Å². The predicted molar refractivity (Wildman–Crippen MR) is 96.3 cm³/mol. The zero-order chi connectivity index (χ0) is 18.4. The van der Waals surface area contributed by atoms with Gasteiger partial charge >= 0.3 is 5.97 Å². The van der Waals surface area contributed by atoms with Crippen molar-refractivity contribution >= 4 is 11.9 Å². The summed E-state index contributed by atoms with van der Waals surface area (Å²) < 4.78 is 10.7. The fraction of sp³-hybridized carbons (Fsp3) is 0.600. The molecule has 0 aliphatic heterocycles. The minimum atomic E-state index is -0.822. The standard InChI is InChI=1S/C20H29NO4/c1-13-9-7-10-17(15(13)3)21-20(23)16(4)25-19(22)12-24-18-11-6-5-8-14(18)2/h5-6,8,11,13,15-17H,7,9-10,12H2,1-4H3,(H,21,23)/t13-,15-,16-,17-/m0/s1. The van der Waals surface area contributed by atoms with Crippen molar-refractivity contribution in [2.24, 2.45) is 11.8 Å². The Morgan fingerprint density at radius 2 is 1.96 bits per heavy atom. The number of para-hydroxylation sites is 1. The van der Waals surface area contributed by atoms with Crippen molar-refractivity contribution in [1.82, 2.24) is 5.32 Å². The van der Waals surface area contributed by atoms with Crippen molar-refractivity contribution in [1.29, 1.82) is 0 Å². The first-order valence-corrected chi connectivity index (χ1v) is 9.06. The Kier molecular flexibility index (Phi) is 6.85. The molecule has 0 heterocycles. The van der Waals surface area contributed by atoms with Gasteiger partial charge in [-0.3, -0.25) is 4.79 Å². The van der Waals surface area contributed by atoms with Gasteiger partial charge in [0.2, 0.25) is 0 Å². The van der Waals surface area contributed by atoms with Gasteiger partial charge in [-0.05, 0) is 43.7 Å². The number of carbonyl (C=O) groups is 2. The Bertz CT molecular complexity index is 601. The van der Waals surface area contributed by atoms with Crippen molar-refractivity contribution in [3.63, 3.8) is 0 Å². The zero-order valence-electron chi connectivity index (χ0n) is 15.6. The number of hydrogen-bond donors (Lipinski definition) is 1. The van der Waals surface area contributed by atoms with E-state index < -0.39 is 12.1 Å². The first kappa shape index (κ1) is 19.3. The van der Waals surface area contributed by atoms with E-state index in [-0.39, 0.29) is 18.6 Å². The lowest BCUT2D eigenvalue weighted by Crippen LogP contribution is -2.47. The monoisotopic (exact) mass is 347 g/mol. The van der Waals surface area contributed by atoms with Gasteiger partial charge in [-0.2, -0.15) is 0 Å². The fourth-order valence-electron chi connectivity index (χ4n) is 3.23. The first-order valence-electron chi connectivity index (χ1n) is 9.06. The van der Waals surface area contributed by atoms with Crippen LogP contribution in [-0.4, -0.2) is 30.6 Å². The van der Waals surface area contributed by atoms with Crippen molar-refractivity contribution in [3.8, 4) is 5.75 Å². The molecule has 1 aliphatic carbocycles. The third-order valence-electron chi connectivity index (χ3n) is 5.15. The second-order valence-electron chi connectivity index (χ2n) is 7.07. The van der Waals surface area contributed by atoms with E-state index >= 15 is 0 Å². The Balaban J connectivity index is 1.78. The molecule has 25 heavy (non-hydrogen) atoms. The summed E-state index contributed by atoms with van der Waals surface area (Å²) >= 11 is 0. The van der Waals surface area contributed by atoms with Crippen molar-refractivity contribution in [3.05, 3.63) is 29.8 Å². The molecule has 1 N–H and O–H groups in total. The molecule has 0 aromatic heterocycles. The third kappa shape index (κ3) is 5.48. The van der Waals surface area contributed by atoms with Gasteiger partial charge in [0.1, 0.15) is 5.75 Å². The van der Waals surface area contributed by atoms with E-state index in [1.165, 1.54) is 6.42 Å². The molecule has 2 rings (SSSR count). The average Bonchev–Trinajstić information content (AvgIpc) is 2.58. The molecule has 1 aliphatic rings. The minimum absolute atomic E-state index is 0.153. The lowest BCUT2D eigenvalue weighted by molar-refractivity contribution is -0.157. The van der Waals surface area contributed by atoms with Crippen LogP contribution in [0.15, 0.2) is 24.3 Å². The first-order chi connectivity index (χ1) is 11.9. The third-order valence-corrected chi connectivity index (χ3v) is 5.15. The number of esters is 1. The number of aryl methyl sites for hydroxylation is 1. The maximum absolute atomic E-state index is 12.3. The SMILES string of the molecule is Cc1ccccc1OCC(=O)O[C@@H](C)C(=O)N[C@H]1CCC[C@H](C)[C@@H]1C. The summed E-state index contributed by atoms with van der Waals surface area (Å²) in [7, 11) is 0. The number of ether oxygens (including phenoxy) is 2. The molecule has 1 aromatic carbocycles. The maximum atomic E-state index is 12.3. The fourth-order valence-corrected chi connectivity index (χ4v) is 3.23. The summed E-state index contributed by atoms with van der Waals surface area (Å²) in [5, 5.41) is 3.03. The van der Waals surface area contributed by atoms with Crippen LogP contribution in [-0.2, 0) is 14.3 Å². The number of benzene rings is 1. The molecule has 4 atom stereocenters. The molecule has 5 nitrogen and oxygen atoms in total. The predicted octanol–water partition coefficient (Wildman–Crippen LogP) is 3.25. The molecule has 1 fully saturated rings. The van der Waals surface area contributed by atoms with Gasteiger partial charge in [-0.25, -0.2) is 4.79 Å². The van der Waals surface area contributed by atoms with Gasteiger partial charge in [0.25, 0.3) is 5.91 Å².